The van der Waals surface area contributed by atoms with Crippen molar-refractivity contribution < 1.29 is 14.3 Å². The molecule has 0 aliphatic heterocycles. The van der Waals surface area contributed by atoms with E-state index in [2.05, 4.69) is 10.1 Å². The summed E-state index contributed by atoms with van der Waals surface area (Å²) in [5.41, 5.74) is 2.67. The average molecular weight is 323 g/mol. The summed E-state index contributed by atoms with van der Waals surface area (Å²) in [6, 6.07) is 13.1. The third-order valence-electron chi connectivity index (χ3n) is 3.50. The summed E-state index contributed by atoms with van der Waals surface area (Å²) in [5.74, 6) is 0.611. The highest BCUT2D eigenvalue weighted by Crippen LogP contribution is 2.18. The Morgan fingerprint density at radius 1 is 1.12 bits per heavy atom. The summed E-state index contributed by atoms with van der Waals surface area (Å²) in [7, 11) is 1.34. The van der Waals surface area contributed by atoms with Gasteiger partial charge in [-0.2, -0.15) is 9.78 Å². The first-order valence-corrected chi connectivity index (χ1v) is 7.44. The molecule has 6 heteroatoms. The Balaban J connectivity index is 1.80. The highest BCUT2D eigenvalue weighted by Gasteiger charge is 2.11. The van der Waals surface area contributed by atoms with E-state index in [-0.39, 0.29) is 0 Å². The number of benzene rings is 1. The largest absolute Gasteiger partial charge is 0.473 e. The number of pyridine rings is 1. The lowest BCUT2D eigenvalue weighted by atomic mass is 10.2. The van der Waals surface area contributed by atoms with Gasteiger partial charge in [-0.15, -0.1) is 0 Å². The SMILES string of the molecule is COC(=O)c1ccnc(-n2nccc2OCc2ccc(C)cc2)c1. The number of aryl methyl sites for hydroxylation is 1. The van der Waals surface area contributed by atoms with Crippen molar-refractivity contribution in [1.82, 2.24) is 14.8 Å². The van der Waals surface area contributed by atoms with Crippen LogP contribution in [0.5, 0.6) is 5.88 Å². The molecule has 6 nitrogen and oxygen atoms in total. The van der Waals surface area contributed by atoms with Gasteiger partial charge in [-0.25, -0.2) is 9.78 Å². The fourth-order valence-electron chi connectivity index (χ4n) is 2.19. The molecule has 0 unspecified atom stereocenters. The van der Waals surface area contributed by atoms with Crippen molar-refractivity contribution in [1.29, 1.82) is 0 Å². The fraction of sp³-hybridized carbons (Fsp3) is 0.167. The molecule has 2 aromatic heterocycles. The number of ether oxygens (including phenoxy) is 2. The quantitative estimate of drug-likeness (QED) is 0.675. The number of carbonyl (C=O) groups excluding carboxylic acids is 1. The molecule has 0 aliphatic carbocycles. The van der Waals surface area contributed by atoms with Crippen molar-refractivity contribution in [3.05, 3.63) is 71.5 Å². The van der Waals surface area contributed by atoms with Gasteiger partial charge < -0.3 is 9.47 Å². The Bertz CT molecular complexity index is 841. The van der Waals surface area contributed by atoms with E-state index in [4.69, 9.17) is 9.47 Å². The molecule has 0 fully saturated rings. The molecular formula is C18H17N3O3. The van der Waals surface area contributed by atoms with E-state index in [9.17, 15) is 4.79 Å². The van der Waals surface area contributed by atoms with Gasteiger partial charge in [0.25, 0.3) is 0 Å². The number of hydrogen-bond acceptors (Lipinski definition) is 5. The highest BCUT2D eigenvalue weighted by molar-refractivity contribution is 5.89. The minimum absolute atomic E-state index is 0.405. The summed E-state index contributed by atoms with van der Waals surface area (Å²) < 4.78 is 12.1. The lowest BCUT2D eigenvalue weighted by Crippen LogP contribution is -2.07. The van der Waals surface area contributed by atoms with Crippen LogP contribution in [-0.4, -0.2) is 27.8 Å². The molecule has 3 rings (SSSR count). The molecule has 24 heavy (non-hydrogen) atoms. The molecule has 0 bridgehead atoms. The molecular weight excluding hydrogens is 306 g/mol. The van der Waals surface area contributed by atoms with Crippen LogP contribution in [-0.2, 0) is 11.3 Å². The van der Waals surface area contributed by atoms with Crippen molar-refractivity contribution in [2.24, 2.45) is 0 Å². The number of aromatic nitrogens is 3. The predicted octanol–water partition coefficient (Wildman–Crippen LogP) is 2.94. The van der Waals surface area contributed by atoms with Crippen LogP contribution >= 0.6 is 0 Å². The van der Waals surface area contributed by atoms with Crippen molar-refractivity contribution in [2.75, 3.05) is 7.11 Å². The Morgan fingerprint density at radius 2 is 1.92 bits per heavy atom. The first kappa shape index (κ1) is 15.7. The Labute approximate surface area is 139 Å². The molecule has 0 saturated carbocycles. The summed E-state index contributed by atoms with van der Waals surface area (Å²) in [4.78, 5) is 15.9. The summed E-state index contributed by atoms with van der Waals surface area (Å²) in [6.07, 6.45) is 3.16. The van der Waals surface area contributed by atoms with Gasteiger partial charge in [-0.05, 0) is 24.6 Å². The Kier molecular flexibility index (Phi) is 4.56. The van der Waals surface area contributed by atoms with Crippen molar-refractivity contribution in [3.63, 3.8) is 0 Å². The second-order valence-corrected chi connectivity index (χ2v) is 5.25. The molecule has 0 saturated heterocycles. The molecule has 0 aliphatic rings. The van der Waals surface area contributed by atoms with Gasteiger partial charge in [0.1, 0.15) is 6.61 Å². The van der Waals surface area contributed by atoms with Gasteiger partial charge in [0.2, 0.25) is 5.88 Å². The molecule has 0 spiro atoms. The molecule has 0 radical (unpaired) electrons. The lowest BCUT2D eigenvalue weighted by Gasteiger charge is -2.09. The first-order valence-electron chi connectivity index (χ1n) is 7.44. The van der Waals surface area contributed by atoms with E-state index in [1.54, 1.807) is 29.1 Å². The minimum Gasteiger partial charge on any atom is -0.473 e. The van der Waals surface area contributed by atoms with Gasteiger partial charge in [-0.3, -0.25) is 0 Å². The van der Waals surface area contributed by atoms with Gasteiger partial charge in [0, 0.05) is 12.3 Å². The smallest absolute Gasteiger partial charge is 0.338 e. The zero-order valence-corrected chi connectivity index (χ0v) is 13.5. The number of carbonyl (C=O) groups is 1. The zero-order valence-electron chi connectivity index (χ0n) is 13.5. The Hall–Kier alpha value is -3.15. The maximum Gasteiger partial charge on any atom is 0.338 e. The number of rotatable bonds is 5. The highest BCUT2D eigenvalue weighted by atomic mass is 16.5. The number of hydrogen-bond donors (Lipinski definition) is 0. The maximum absolute atomic E-state index is 11.6. The second-order valence-electron chi connectivity index (χ2n) is 5.25. The number of nitrogens with zero attached hydrogens (tertiary/aromatic N) is 3. The number of methoxy groups -OCH3 is 1. The second kappa shape index (κ2) is 6.95. The van der Waals surface area contributed by atoms with E-state index in [1.165, 1.54) is 18.9 Å². The van der Waals surface area contributed by atoms with Gasteiger partial charge in [0.05, 0.1) is 18.9 Å². The van der Waals surface area contributed by atoms with Crippen LogP contribution in [0.4, 0.5) is 0 Å². The maximum atomic E-state index is 11.6. The molecule has 0 atom stereocenters. The van der Waals surface area contributed by atoms with E-state index < -0.39 is 5.97 Å². The topological polar surface area (TPSA) is 66.2 Å². The first-order chi connectivity index (χ1) is 11.7. The summed E-state index contributed by atoms with van der Waals surface area (Å²) in [5, 5.41) is 4.22. The fourth-order valence-corrected chi connectivity index (χ4v) is 2.19. The molecule has 0 N–H and O–H groups in total. The third kappa shape index (κ3) is 3.43. The molecule has 0 amide bonds. The molecule has 1 aromatic carbocycles. The van der Waals surface area contributed by atoms with Gasteiger partial charge >= 0.3 is 5.97 Å². The van der Waals surface area contributed by atoms with Crippen molar-refractivity contribution in [3.8, 4) is 11.7 Å². The van der Waals surface area contributed by atoms with Crippen molar-refractivity contribution >= 4 is 5.97 Å². The van der Waals surface area contributed by atoms with Crippen LogP contribution in [0.2, 0.25) is 0 Å². The lowest BCUT2D eigenvalue weighted by molar-refractivity contribution is 0.0600. The van der Waals surface area contributed by atoms with Crippen LogP contribution in [0, 0.1) is 6.92 Å². The zero-order chi connectivity index (χ0) is 16.9. The van der Waals surface area contributed by atoms with Crippen LogP contribution in [0.15, 0.2) is 54.9 Å². The van der Waals surface area contributed by atoms with E-state index in [0.717, 1.165) is 5.56 Å². The van der Waals surface area contributed by atoms with Crippen LogP contribution < -0.4 is 4.74 Å². The predicted molar refractivity (Wildman–Crippen MR) is 88.2 cm³/mol. The molecule has 122 valence electrons. The molecule has 2 heterocycles. The molecule has 3 aromatic rings. The summed E-state index contributed by atoms with van der Waals surface area (Å²) >= 11 is 0. The normalized spacial score (nSPS) is 10.4. The minimum atomic E-state index is -0.423. The van der Waals surface area contributed by atoms with Crippen molar-refractivity contribution in [2.45, 2.75) is 13.5 Å². The summed E-state index contributed by atoms with van der Waals surface area (Å²) in [6.45, 7) is 2.46. The van der Waals surface area contributed by atoms with Gasteiger partial charge in [-0.1, -0.05) is 29.8 Å². The van der Waals surface area contributed by atoms with Crippen LogP contribution in [0.25, 0.3) is 5.82 Å². The number of esters is 1. The monoisotopic (exact) mass is 323 g/mol. The Morgan fingerprint density at radius 3 is 2.67 bits per heavy atom. The van der Waals surface area contributed by atoms with Crippen LogP contribution in [0.3, 0.4) is 0 Å². The van der Waals surface area contributed by atoms with Crippen LogP contribution in [0.1, 0.15) is 21.5 Å². The van der Waals surface area contributed by atoms with E-state index >= 15 is 0 Å². The van der Waals surface area contributed by atoms with E-state index in [0.29, 0.717) is 23.9 Å². The average Bonchev–Trinajstić information content (AvgIpc) is 3.09. The van der Waals surface area contributed by atoms with E-state index in [1.807, 2.05) is 31.2 Å². The van der Waals surface area contributed by atoms with Gasteiger partial charge in [0.15, 0.2) is 5.82 Å². The third-order valence-corrected chi connectivity index (χ3v) is 3.50. The standard InChI is InChI=1S/C18H17N3O3/c1-13-3-5-14(6-4-13)12-24-17-8-10-20-21(17)16-11-15(7-9-19-16)18(22)23-2/h3-11H,12H2,1-2H3.